The van der Waals surface area contributed by atoms with Crippen LogP contribution in [0.3, 0.4) is 0 Å². The third-order valence-corrected chi connectivity index (χ3v) is 5.58. The molecule has 1 heterocycles. The molecule has 0 radical (unpaired) electrons. The van der Waals surface area contributed by atoms with Crippen LogP contribution in [0, 0.1) is 5.92 Å². The van der Waals surface area contributed by atoms with Crippen molar-refractivity contribution < 1.29 is 4.74 Å². The van der Waals surface area contributed by atoms with Gasteiger partial charge in [0.2, 0.25) is 0 Å². The van der Waals surface area contributed by atoms with Gasteiger partial charge in [0, 0.05) is 36.8 Å². The molecule has 0 atom stereocenters. The molecule has 3 aliphatic carbocycles. The maximum atomic E-state index is 6.26. The van der Waals surface area contributed by atoms with Crippen molar-refractivity contribution in [2.75, 3.05) is 20.3 Å². The topological polar surface area (TPSA) is 28.3 Å². The molecule has 3 saturated carbocycles. The van der Waals surface area contributed by atoms with Gasteiger partial charge in [-0.05, 0) is 37.3 Å². The molecule has 0 unspecified atom stereocenters. The van der Waals surface area contributed by atoms with E-state index < -0.39 is 0 Å². The van der Waals surface area contributed by atoms with Crippen LogP contribution in [0.5, 0.6) is 0 Å². The zero-order valence-electron chi connectivity index (χ0n) is 12.4. The van der Waals surface area contributed by atoms with E-state index in [0.29, 0.717) is 5.54 Å². The second-order valence-electron chi connectivity index (χ2n) is 6.62. The van der Waals surface area contributed by atoms with Gasteiger partial charge < -0.3 is 9.72 Å². The number of fused-ring (bicyclic) bond motifs is 1. The Bertz CT molecular complexity index is 649. The van der Waals surface area contributed by atoms with Crippen LogP contribution in [-0.4, -0.2) is 35.7 Å². The number of methoxy groups -OCH3 is 1. The number of aromatic amines is 1. The van der Waals surface area contributed by atoms with Crippen LogP contribution in [0.4, 0.5) is 0 Å². The second kappa shape index (κ2) is 5.01. The summed E-state index contributed by atoms with van der Waals surface area (Å²) in [5.74, 6) is 0.993. The SMILES string of the molecule is COCCN(Cc1cc2cccc(Cl)c2[nH]1)C12CC(C1)C2. The number of rotatable bonds is 6. The predicted octanol–water partition coefficient (Wildman–Crippen LogP) is 3.82. The van der Waals surface area contributed by atoms with E-state index in [2.05, 4.69) is 22.0 Å². The molecule has 112 valence electrons. The van der Waals surface area contributed by atoms with Crippen molar-refractivity contribution in [2.24, 2.45) is 5.92 Å². The van der Waals surface area contributed by atoms with Crippen LogP contribution < -0.4 is 0 Å². The Balaban J connectivity index is 1.57. The lowest BCUT2D eigenvalue weighted by atomic mass is 9.49. The van der Waals surface area contributed by atoms with E-state index in [1.54, 1.807) is 7.11 Å². The minimum Gasteiger partial charge on any atom is -0.383 e. The van der Waals surface area contributed by atoms with Gasteiger partial charge in [0.15, 0.2) is 0 Å². The van der Waals surface area contributed by atoms with Crippen molar-refractivity contribution >= 4 is 22.5 Å². The summed E-state index contributed by atoms with van der Waals surface area (Å²) in [5.41, 5.74) is 2.77. The molecule has 2 aromatic rings. The Morgan fingerprint density at radius 3 is 2.81 bits per heavy atom. The lowest BCUT2D eigenvalue weighted by molar-refractivity contribution is -0.152. The molecule has 0 amide bonds. The van der Waals surface area contributed by atoms with E-state index in [1.165, 1.54) is 30.3 Å². The molecule has 2 bridgehead atoms. The van der Waals surface area contributed by atoms with Crippen LogP contribution in [-0.2, 0) is 11.3 Å². The molecule has 0 aliphatic heterocycles. The molecular formula is C17H21ClN2O. The monoisotopic (exact) mass is 304 g/mol. The van der Waals surface area contributed by atoms with Gasteiger partial charge in [0.05, 0.1) is 17.1 Å². The van der Waals surface area contributed by atoms with Crippen molar-refractivity contribution in [3.05, 3.63) is 35.0 Å². The van der Waals surface area contributed by atoms with Crippen molar-refractivity contribution in [3.8, 4) is 0 Å². The number of nitrogens with zero attached hydrogens (tertiary/aromatic N) is 1. The highest BCUT2D eigenvalue weighted by Crippen LogP contribution is 2.60. The minimum atomic E-state index is 0.463. The number of nitrogens with one attached hydrogen (secondary N) is 1. The second-order valence-corrected chi connectivity index (χ2v) is 7.02. The molecule has 1 aromatic heterocycles. The van der Waals surface area contributed by atoms with Gasteiger partial charge >= 0.3 is 0 Å². The van der Waals surface area contributed by atoms with Gasteiger partial charge in [0.25, 0.3) is 0 Å². The fourth-order valence-corrected chi connectivity index (χ4v) is 4.20. The number of halogens is 1. The molecule has 0 spiro atoms. The van der Waals surface area contributed by atoms with Crippen LogP contribution in [0.1, 0.15) is 25.0 Å². The van der Waals surface area contributed by atoms with Crippen LogP contribution in [0.15, 0.2) is 24.3 Å². The van der Waals surface area contributed by atoms with E-state index in [0.717, 1.165) is 36.2 Å². The summed E-state index contributed by atoms with van der Waals surface area (Å²) in [6, 6.07) is 8.29. The smallest absolute Gasteiger partial charge is 0.0647 e. The number of ether oxygens (including phenoxy) is 1. The summed E-state index contributed by atoms with van der Waals surface area (Å²) in [4.78, 5) is 6.10. The highest BCUT2D eigenvalue weighted by atomic mass is 35.5. The number of para-hydroxylation sites is 1. The first-order chi connectivity index (χ1) is 10.2. The number of benzene rings is 1. The van der Waals surface area contributed by atoms with Crippen molar-refractivity contribution in [3.63, 3.8) is 0 Å². The Hall–Kier alpha value is -1.03. The largest absolute Gasteiger partial charge is 0.383 e. The third-order valence-electron chi connectivity index (χ3n) is 5.26. The highest BCUT2D eigenvalue weighted by Gasteiger charge is 2.59. The maximum Gasteiger partial charge on any atom is 0.0647 e. The third kappa shape index (κ3) is 2.19. The Kier molecular flexibility index (Phi) is 3.25. The lowest BCUT2D eigenvalue weighted by Gasteiger charge is -2.66. The van der Waals surface area contributed by atoms with Gasteiger partial charge in [-0.3, -0.25) is 4.90 Å². The van der Waals surface area contributed by atoms with E-state index in [-0.39, 0.29) is 0 Å². The number of aromatic nitrogens is 1. The Morgan fingerprint density at radius 2 is 2.19 bits per heavy atom. The van der Waals surface area contributed by atoms with Gasteiger partial charge in [-0.2, -0.15) is 0 Å². The molecule has 5 rings (SSSR count). The Morgan fingerprint density at radius 1 is 1.38 bits per heavy atom. The predicted molar refractivity (Wildman–Crippen MR) is 85.7 cm³/mol. The summed E-state index contributed by atoms with van der Waals surface area (Å²) in [6.45, 7) is 2.76. The van der Waals surface area contributed by atoms with Crippen LogP contribution >= 0.6 is 11.6 Å². The number of hydrogen-bond donors (Lipinski definition) is 1. The molecule has 4 heteroatoms. The van der Waals surface area contributed by atoms with Gasteiger partial charge in [-0.1, -0.05) is 23.7 Å². The molecular weight excluding hydrogens is 284 g/mol. The first kappa shape index (κ1) is 13.6. The van der Waals surface area contributed by atoms with Gasteiger partial charge in [0.1, 0.15) is 0 Å². The van der Waals surface area contributed by atoms with Crippen LogP contribution in [0.2, 0.25) is 5.02 Å². The average Bonchev–Trinajstić information content (AvgIpc) is 2.76. The van der Waals surface area contributed by atoms with Gasteiger partial charge in [-0.25, -0.2) is 0 Å². The van der Waals surface area contributed by atoms with Crippen molar-refractivity contribution in [1.29, 1.82) is 0 Å². The molecule has 1 aromatic carbocycles. The van der Waals surface area contributed by atoms with E-state index in [9.17, 15) is 0 Å². The summed E-state index contributed by atoms with van der Waals surface area (Å²) in [6.07, 6.45) is 4.12. The van der Waals surface area contributed by atoms with E-state index in [1.807, 2.05) is 12.1 Å². The first-order valence-electron chi connectivity index (χ1n) is 7.70. The summed E-state index contributed by atoms with van der Waals surface area (Å²) >= 11 is 6.26. The molecule has 3 nitrogen and oxygen atoms in total. The maximum absolute atomic E-state index is 6.26. The molecule has 1 N–H and O–H groups in total. The molecule has 0 saturated heterocycles. The zero-order chi connectivity index (χ0) is 14.4. The minimum absolute atomic E-state index is 0.463. The Labute approximate surface area is 130 Å². The normalized spacial score (nSPS) is 26.9. The number of H-pyrrole nitrogens is 1. The van der Waals surface area contributed by atoms with Gasteiger partial charge in [-0.15, -0.1) is 0 Å². The average molecular weight is 305 g/mol. The van der Waals surface area contributed by atoms with Crippen LogP contribution in [0.25, 0.3) is 10.9 Å². The standard InChI is InChI=1S/C17H21ClN2O/c1-21-6-5-20(17-8-12(9-17)10-17)11-14-7-13-3-2-4-15(18)16(13)19-14/h2-4,7,12,19H,5-6,8-11H2,1H3. The summed E-state index contributed by atoms with van der Waals surface area (Å²) in [5, 5.41) is 1.99. The summed E-state index contributed by atoms with van der Waals surface area (Å²) in [7, 11) is 1.78. The zero-order valence-corrected chi connectivity index (χ0v) is 13.1. The van der Waals surface area contributed by atoms with Crippen molar-refractivity contribution in [2.45, 2.75) is 31.3 Å². The number of hydrogen-bond acceptors (Lipinski definition) is 2. The molecule has 3 aliphatic rings. The fraction of sp³-hybridized carbons (Fsp3) is 0.529. The summed E-state index contributed by atoms with van der Waals surface area (Å²) < 4.78 is 5.30. The first-order valence-corrected chi connectivity index (χ1v) is 8.08. The van der Waals surface area contributed by atoms with E-state index >= 15 is 0 Å². The quantitative estimate of drug-likeness (QED) is 0.878. The molecule has 21 heavy (non-hydrogen) atoms. The fourth-order valence-electron chi connectivity index (χ4n) is 3.97. The molecule has 3 fully saturated rings. The lowest BCUT2D eigenvalue weighted by Crippen LogP contribution is -2.68. The van der Waals surface area contributed by atoms with Crippen molar-refractivity contribution in [1.82, 2.24) is 9.88 Å². The highest BCUT2D eigenvalue weighted by molar-refractivity contribution is 6.35. The van der Waals surface area contributed by atoms with E-state index in [4.69, 9.17) is 16.3 Å².